The highest BCUT2D eigenvalue weighted by molar-refractivity contribution is 6.33. The third-order valence-corrected chi connectivity index (χ3v) is 5.06. The first kappa shape index (κ1) is 13.7. The van der Waals surface area contributed by atoms with Gasteiger partial charge in [0.05, 0.1) is 10.7 Å². The molecule has 2 aliphatic rings. The van der Waals surface area contributed by atoms with Gasteiger partial charge in [0.2, 0.25) is 0 Å². The Bertz CT molecular complexity index is 515. The molecule has 0 aliphatic heterocycles. The standard InChI is InChI=1S/C16H20ClNO2/c17-13-5-1-2-6-14(13)18-16(15(19)20)9-3-4-12(10-16)11-7-8-11/h1-2,5-6,11-12,18H,3-4,7-10H2,(H,19,20). The van der Waals surface area contributed by atoms with Gasteiger partial charge < -0.3 is 10.4 Å². The van der Waals surface area contributed by atoms with Gasteiger partial charge in [-0.15, -0.1) is 0 Å². The summed E-state index contributed by atoms with van der Waals surface area (Å²) in [6, 6.07) is 7.38. The zero-order valence-corrected chi connectivity index (χ0v) is 12.2. The maximum atomic E-state index is 11.9. The van der Waals surface area contributed by atoms with Crippen LogP contribution < -0.4 is 5.32 Å². The lowest BCUT2D eigenvalue weighted by Gasteiger charge is -2.39. The second-order valence-electron chi connectivity index (χ2n) is 6.19. The van der Waals surface area contributed by atoms with Gasteiger partial charge in [-0.3, -0.25) is 0 Å². The van der Waals surface area contributed by atoms with Crippen LogP contribution in [0.4, 0.5) is 5.69 Å². The predicted octanol–water partition coefficient (Wildman–Crippen LogP) is 4.18. The van der Waals surface area contributed by atoms with Crippen LogP contribution in [0.15, 0.2) is 24.3 Å². The SMILES string of the molecule is O=C(O)C1(Nc2ccccc2Cl)CCCC(C2CC2)C1. The summed E-state index contributed by atoms with van der Waals surface area (Å²) in [7, 11) is 0. The van der Waals surface area contributed by atoms with Crippen molar-refractivity contribution in [3.05, 3.63) is 29.3 Å². The zero-order chi connectivity index (χ0) is 14.2. The number of benzene rings is 1. The van der Waals surface area contributed by atoms with Crippen molar-refractivity contribution in [1.82, 2.24) is 0 Å². The first-order chi connectivity index (χ1) is 9.61. The number of carboxylic acids is 1. The van der Waals surface area contributed by atoms with Crippen molar-refractivity contribution in [3.63, 3.8) is 0 Å². The molecule has 3 rings (SSSR count). The molecule has 3 nitrogen and oxygen atoms in total. The lowest BCUT2D eigenvalue weighted by atomic mass is 9.73. The number of hydrogen-bond donors (Lipinski definition) is 2. The van der Waals surface area contributed by atoms with E-state index in [1.807, 2.05) is 18.2 Å². The van der Waals surface area contributed by atoms with E-state index in [9.17, 15) is 9.90 Å². The van der Waals surface area contributed by atoms with Crippen LogP contribution in [0.2, 0.25) is 5.02 Å². The number of rotatable bonds is 4. The molecule has 1 aromatic rings. The molecule has 20 heavy (non-hydrogen) atoms. The average Bonchev–Trinajstić information content (AvgIpc) is 3.26. The predicted molar refractivity (Wildman–Crippen MR) is 80.1 cm³/mol. The number of hydrogen-bond acceptors (Lipinski definition) is 2. The van der Waals surface area contributed by atoms with Crippen LogP contribution >= 0.6 is 11.6 Å². The number of carboxylic acid groups (broad SMARTS) is 1. The minimum Gasteiger partial charge on any atom is -0.480 e. The summed E-state index contributed by atoms with van der Waals surface area (Å²) in [5, 5.41) is 13.6. The summed E-state index contributed by atoms with van der Waals surface area (Å²) in [5.41, 5.74) is -0.121. The molecule has 108 valence electrons. The van der Waals surface area contributed by atoms with Gasteiger partial charge in [0.15, 0.2) is 0 Å². The summed E-state index contributed by atoms with van der Waals surface area (Å²) in [6.07, 6.45) is 6.09. The van der Waals surface area contributed by atoms with E-state index in [0.29, 0.717) is 17.4 Å². The van der Waals surface area contributed by atoms with Gasteiger partial charge in [-0.25, -0.2) is 4.79 Å². The molecule has 0 saturated heterocycles. The van der Waals surface area contributed by atoms with Crippen LogP contribution in [0, 0.1) is 11.8 Å². The summed E-state index contributed by atoms with van der Waals surface area (Å²) < 4.78 is 0. The van der Waals surface area contributed by atoms with Crippen molar-refractivity contribution in [2.24, 2.45) is 11.8 Å². The number of nitrogens with one attached hydrogen (secondary N) is 1. The molecule has 0 heterocycles. The van der Waals surface area contributed by atoms with Crippen molar-refractivity contribution in [3.8, 4) is 0 Å². The van der Waals surface area contributed by atoms with Gasteiger partial charge in [0.25, 0.3) is 0 Å². The van der Waals surface area contributed by atoms with E-state index in [2.05, 4.69) is 5.32 Å². The van der Waals surface area contributed by atoms with Gasteiger partial charge in [-0.05, 0) is 56.1 Å². The largest absolute Gasteiger partial charge is 0.480 e. The van der Waals surface area contributed by atoms with E-state index < -0.39 is 11.5 Å². The van der Waals surface area contributed by atoms with Gasteiger partial charge in [-0.1, -0.05) is 30.2 Å². The van der Waals surface area contributed by atoms with Gasteiger partial charge in [0, 0.05) is 0 Å². The molecule has 0 bridgehead atoms. The Hall–Kier alpha value is -1.22. The van der Waals surface area contributed by atoms with E-state index in [1.54, 1.807) is 6.07 Å². The summed E-state index contributed by atoms with van der Waals surface area (Å²) in [5.74, 6) is 0.555. The fraction of sp³-hybridized carbons (Fsp3) is 0.562. The number of carbonyl (C=O) groups is 1. The first-order valence-electron chi connectivity index (χ1n) is 7.37. The van der Waals surface area contributed by atoms with E-state index in [1.165, 1.54) is 19.3 Å². The van der Waals surface area contributed by atoms with Crippen molar-refractivity contribution in [2.75, 3.05) is 5.32 Å². The monoisotopic (exact) mass is 293 g/mol. The average molecular weight is 294 g/mol. The quantitative estimate of drug-likeness (QED) is 0.876. The van der Waals surface area contributed by atoms with Crippen LogP contribution in [0.1, 0.15) is 38.5 Å². The Labute approximate surface area is 124 Å². The topological polar surface area (TPSA) is 49.3 Å². The minimum atomic E-state index is -0.851. The summed E-state index contributed by atoms with van der Waals surface area (Å²) in [6.45, 7) is 0. The number of halogens is 1. The summed E-state index contributed by atoms with van der Waals surface area (Å²) in [4.78, 5) is 11.9. The van der Waals surface area contributed by atoms with Gasteiger partial charge in [-0.2, -0.15) is 0 Å². The minimum absolute atomic E-state index is 0.551. The smallest absolute Gasteiger partial charge is 0.329 e. The van der Waals surface area contributed by atoms with Crippen molar-refractivity contribution >= 4 is 23.3 Å². The molecule has 4 heteroatoms. The number of para-hydroxylation sites is 1. The lowest BCUT2D eigenvalue weighted by molar-refractivity contribution is -0.144. The molecule has 0 aromatic heterocycles. The Morgan fingerprint density at radius 3 is 2.65 bits per heavy atom. The number of anilines is 1. The molecule has 2 aliphatic carbocycles. The fourth-order valence-corrected chi connectivity index (χ4v) is 3.65. The normalized spacial score (nSPS) is 29.9. The number of aliphatic carboxylic acids is 1. The Morgan fingerprint density at radius 2 is 2.00 bits per heavy atom. The third kappa shape index (κ3) is 2.64. The van der Waals surface area contributed by atoms with E-state index in [-0.39, 0.29) is 0 Å². The van der Waals surface area contributed by atoms with Crippen molar-refractivity contribution in [1.29, 1.82) is 0 Å². The third-order valence-electron chi connectivity index (χ3n) is 4.73. The highest BCUT2D eigenvalue weighted by Gasteiger charge is 2.46. The lowest BCUT2D eigenvalue weighted by Crippen LogP contribution is -2.50. The molecule has 2 unspecified atom stereocenters. The van der Waals surface area contributed by atoms with E-state index in [4.69, 9.17) is 11.6 Å². The zero-order valence-electron chi connectivity index (χ0n) is 11.4. The molecular weight excluding hydrogens is 274 g/mol. The second-order valence-corrected chi connectivity index (χ2v) is 6.59. The van der Waals surface area contributed by atoms with E-state index in [0.717, 1.165) is 24.4 Å². The van der Waals surface area contributed by atoms with Crippen molar-refractivity contribution < 1.29 is 9.90 Å². The van der Waals surface area contributed by atoms with Crippen LogP contribution in [0.5, 0.6) is 0 Å². The van der Waals surface area contributed by atoms with Crippen LogP contribution in [0.25, 0.3) is 0 Å². The molecule has 2 N–H and O–H groups in total. The molecule has 2 fully saturated rings. The first-order valence-corrected chi connectivity index (χ1v) is 7.75. The summed E-state index contributed by atoms with van der Waals surface area (Å²) >= 11 is 6.17. The van der Waals surface area contributed by atoms with E-state index >= 15 is 0 Å². The van der Waals surface area contributed by atoms with Crippen molar-refractivity contribution in [2.45, 2.75) is 44.1 Å². The molecule has 0 spiro atoms. The second kappa shape index (κ2) is 5.28. The molecule has 2 saturated carbocycles. The van der Waals surface area contributed by atoms with Crippen LogP contribution in [-0.2, 0) is 4.79 Å². The Balaban J connectivity index is 1.84. The molecular formula is C16H20ClNO2. The Morgan fingerprint density at radius 1 is 1.25 bits per heavy atom. The molecule has 1 aromatic carbocycles. The molecule has 0 radical (unpaired) electrons. The maximum absolute atomic E-state index is 11.9. The van der Waals surface area contributed by atoms with Gasteiger partial charge >= 0.3 is 5.97 Å². The van der Waals surface area contributed by atoms with Gasteiger partial charge in [0.1, 0.15) is 5.54 Å². The fourth-order valence-electron chi connectivity index (χ4n) is 3.47. The molecule has 2 atom stereocenters. The maximum Gasteiger partial charge on any atom is 0.329 e. The highest BCUT2D eigenvalue weighted by Crippen LogP contribution is 2.47. The highest BCUT2D eigenvalue weighted by atomic mass is 35.5. The van der Waals surface area contributed by atoms with Crippen LogP contribution in [0.3, 0.4) is 0 Å². The Kier molecular flexibility index (Phi) is 3.63. The van der Waals surface area contributed by atoms with Crippen LogP contribution in [-0.4, -0.2) is 16.6 Å². The molecule has 0 amide bonds.